The van der Waals surface area contributed by atoms with Crippen molar-refractivity contribution < 1.29 is 9.90 Å². The minimum atomic E-state index is -0.740. The Morgan fingerprint density at radius 1 is 1.16 bits per heavy atom. The smallest absolute Gasteiger partial charge is 0.320 e. The average molecular weight is 263 g/mol. The van der Waals surface area contributed by atoms with Crippen molar-refractivity contribution in [1.82, 2.24) is 5.32 Å². The summed E-state index contributed by atoms with van der Waals surface area (Å²) in [7, 11) is 0. The van der Waals surface area contributed by atoms with Crippen molar-refractivity contribution >= 4 is 5.97 Å². The van der Waals surface area contributed by atoms with Crippen molar-refractivity contribution in [3.8, 4) is 0 Å². The van der Waals surface area contributed by atoms with E-state index >= 15 is 0 Å². The minimum absolute atomic E-state index is 0.236. The van der Waals surface area contributed by atoms with E-state index in [-0.39, 0.29) is 6.04 Å². The van der Waals surface area contributed by atoms with Gasteiger partial charge in [0, 0.05) is 6.04 Å². The molecule has 0 aliphatic heterocycles. The van der Waals surface area contributed by atoms with Crippen molar-refractivity contribution in [3.63, 3.8) is 0 Å². The Labute approximate surface area is 116 Å². The maximum Gasteiger partial charge on any atom is 0.320 e. The van der Waals surface area contributed by atoms with E-state index < -0.39 is 12.0 Å². The molecule has 2 atom stereocenters. The molecule has 0 saturated heterocycles. The highest BCUT2D eigenvalue weighted by atomic mass is 16.4. The van der Waals surface area contributed by atoms with Gasteiger partial charge in [0.25, 0.3) is 0 Å². The summed E-state index contributed by atoms with van der Waals surface area (Å²) in [6.07, 6.45) is 4.52. The summed E-state index contributed by atoms with van der Waals surface area (Å²) in [5.74, 6) is -0.740. The molecule has 0 saturated carbocycles. The van der Waals surface area contributed by atoms with Crippen LogP contribution >= 0.6 is 0 Å². The van der Waals surface area contributed by atoms with Gasteiger partial charge in [-0.05, 0) is 24.8 Å². The lowest BCUT2D eigenvalue weighted by Crippen LogP contribution is -2.44. The van der Waals surface area contributed by atoms with Crippen LogP contribution in [-0.4, -0.2) is 23.2 Å². The zero-order chi connectivity index (χ0) is 14.1. The second-order valence-electron chi connectivity index (χ2n) is 5.02. The van der Waals surface area contributed by atoms with Crippen molar-refractivity contribution in [3.05, 3.63) is 35.9 Å². The number of carboxylic acid groups (broad SMARTS) is 1. The van der Waals surface area contributed by atoms with E-state index in [1.165, 1.54) is 5.56 Å². The first-order valence-electron chi connectivity index (χ1n) is 7.20. The van der Waals surface area contributed by atoms with Crippen molar-refractivity contribution in [2.24, 2.45) is 0 Å². The lowest BCUT2D eigenvalue weighted by molar-refractivity contribution is -0.139. The summed E-state index contributed by atoms with van der Waals surface area (Å²) in [6.45, 7) is 4.15. The Hall–Kier alpha value is -1.35. The van der Waals surface area contributed by atoms with Gasteiger partial charge in [-0.2, -0.15) is 0 Å². The number of hydrogen-bond donors (Lipinski definition) is 2. The van der Waals surface area contributed by atoms with Crippen LogP contribution in [0, 0.1) is 0 Å². The van der Waals surface area contributed by atoms with E-state index in [4.69, 9.17) is 0 Å². The normalized spacial score (nSPS) is 14.0. The summed E-state index contributed by atoms with van der Waals surface area (Å²) >= 11 is 0. The summed E-state index contributed by atoms with van der Waals surface area (Å²) < 4.78 is 0. The summed E-state index contributed by atoms with van der Waals surface area (Å²) in [5.41, 5.74) is 1.26. The Balaban J connectivity index is 2.63. The molecule has 3 nitrogen and oxygen atoms in total. The SMILES string of the molecule is CCCC(Cc1ccccc1)NC(CCC)C(=O)O. The third-order valence-corrected chi connectivity index (χ3v) is 3.27. The molecule has 0 spiro atoms. The highest BCUT2D eigenvalue weighted by molar-refractivity contribution is 5.73. The molecule has 0 fully saturated rings. The van der Waals surface area contributed by atoms with Gasteiger partial charge >= 0.3 is 5.97 Å². The molecule has 0 aromatic heterocycles. The fraction of sp³-hybridized carbons (Fsp3) is 0.562. The molecule has 1 aromatic rings. The van der Waals surface area contributed by atoms with Gasteiger partial charge < -0.3 is 10.4 Å². The van der Waals surface area contributed by atoms with Crippen LogP contribution in [0.5, 0.6) is 0 Å². The van der Waals surface area contributed by atoms with Crippen molar-refractivity contribution in [2.75, 3.05) is 0 Å². The van der Waals surface area contributed by atoms with E-state index in [2.05, 4.69) is 24.4 Å². The van der Waals surface area contributed by atoms with E-state index in [1.807, 2.05) is 25.1 Å². The van der Waals surface area contributed by atoms with Gasteiger partial charge in [-0.25, -0.2) is 0 Å². The molecule has 1 rings (SSSR count). The summed E-state index contributed by atoms with van der Waals surface area (Å²) in [5, 5.41) is 12.5. The highest BCUT2D eigenvalue weighted by Gasteiger charge is 2.20. The number of hydrogen-bond acceptors (Lipinski definition) is 2. The maximum atomic E-state index is 11.2. The lowest BCUT2D eigenvalue weighted by atomic mass is 10.0. The molecule has 0 aliphatic carbocycles. The lowest BCUT2D eigenvalue weighted by Gasteiger charge is -2.23. The van der Waals surface area contributed by atoms with Gasteiger partial charge in [0.2, 0.25) is 0 Å². The van der Waals surface area contributed by atoms with Crippen LogP contribution in [0.1, 0.15) is 45.1 Å². The molecular formula is C16H25NO2. The molecule has 0 amide bonds. The van der Waals surface area contributed by atoms with Crippen molar-refractivity contribution in [2.45, 2.75) is 58.0 Å². The number of aliphatic carboxylic acids is 1. The molecule has 0 aliphatic rings. The molecular weight excluding hydrogens is 238 g/mol. The van der Waals surface area contributed by atoms with Gasteiger partial charge in [0.1, 0.15) is 6.04 Å². The van der Waals surface area contributed by atoms with E-state index in [1.54, 1.807) is 0 Å². The van der Waals surface area contributed by atoms with E-state index in [9.17, 15) is 9.90 Å². The fourth-order valence-corrected chi connectivity index (χ4v) is 2.34. The summed E-state index contributed by atoms with van der Waals surface area (Å²) in [4.78, 5) is 11.2. The molecule has 106 valence electrons. The Morgan fingerprint density at radius 2 is 1.79 bits per heavy atom. The van der Waals surface area contributed by atoms with Crippen LogP contribution in [0.25, 0.3) is 0 Å². The molecule has 0 heterocycles. The fourth-order valence-electron chi connectivity index (χ4n) is 2.34. The minimum Gasteiger partial charge on any atom is -0.480 e. The molecule has 0 bridgehead atoms. The maximum absolute atomic E-state index is 11.2. The van der Waals surface area contributed by atoms with Crippen LogP contribution in [0.3, 0.4) is 0 Å². The Bertz CT molecular complexity index is 364. The predicted octanol–water partition coefficient (Wildman–Crippen LogP) is 3.24. The number of benzene rings is 1. The van der Waals surface area contributed by atoms with Gasteiger partial charge in [-0.3, -0.25) is 4.79 Å². The van der Waals surface area contributed by atoms with E-state index in [0.29, 0.717) is 6.42 Å². The number of carbonyl (C=O) groups is 1. The predicted molar refractivity (Wildman–Crippen MR) is 78.3 cm³/mol. The Kier molecular flexibility index (Phi) is 7.19. The number of rotatable bonds is 9. The molecule has 1 aromatic carbocycles. The van der Waals surface area contributed by atoms with Crippen LogP contribution in [-0.2, 0) is 11.2 Å². The molecule has 3 heteroatoms. The largest absolute Gasteiger partial charge is 0.480 e. The number of nitrogens with one attached hydrogen (secondary N) is 1. The third kappa shape index (κ3) is 5.88. The van der Waals surface area contributed by atoms with Gasteiger partial charge in [-0.1, -0.05) is 57.0 Å². The first kappa shape index (κ1) is 15.7. The highest BCUT2D eigenvalue weighted by Crippen LogP contribution is 2.10. The molecule has 2 N–H and O–H groups in total. The quantitative estimate of drug-likeness (QED) is 0.719. The standard InChI is InChI=1S/C16H25NO2/c1-3-8-14(12-13-10-6-5-7-11-13)17-15(9-4-2)16(18)19/h5-7,10-11,14-15,17H,3-4,8-9,12H2,1-2H3,(H,18,19). The van der Waals surface area contributed by atoms with Crippen LogP contribution < -0.4 is 5.32 Å². The average Bonchev–Trinajstić information content (AvgIpc) is 2.39. The first-order chi connectivity index (χ1) is 9.17. The van der Waals surface area contributed by atoms with Crippen LogP contribution in [0.2, 0.25) is 0 Å². The zero-order valence-corrected chi connectivity index (χ0v) is 11.9. The molecule has 0 radical (unpaired) electrons. The van der Waals surface area contributed by atoms with Gasteiger partial charge in [-0.15, -0.1) is 0 Å². The number of carboxylic acids is 1. The zero-order valence-electron chi connectivity index (χ0n) is 11.9. The monoisotopic (exact) mass is 263 g/mol. The Morgan fingerprint density at radius 3 is 2.32 bits per heavy atom. The van der Waals surface area contributed by atoms with Crippen LogP contribution in [0.15, 0.2) is 30.3 Å². The third-order valence-electron chi connectivity index (χ3n) is 3.27. The van der Waals surface area contributed by atoms with Gasteiger partial charge in [0.15, 0.2) is 0 Å². The summed E-state index contributed by atoms with van der Waals surface area (Å²) in [6, 6.07) is 10.1. The van der Waals surface area contributed by atoms with Gasteiger partial charge in [0.05, 0.1) is 0 Å². The first-order valence-corrected chi connectivity index (χ1v) is 7.20. The second kappa shape index (κ2) is 8.70. The van der Waals surface area contributed by atoms with E-state index in [0.717, 1.165) is 25.7 Å². The molecule has 19 heavy (non-hydrogen) atoms. The topological polar surface area (TPSA) is 49.3 Å². The van der Waals surface area contributed by atoms with Crippen molar-refractivity contribution in [1.29, 1.82) is 0 Å². The molecule has 2 unspecified atom stereocenters. The second-order valence-corrected chi connectivity index (χ2v) is 5.02. The van der Waals surface area contributed by atoms with Crippen LogP contribution in [0.4, 0.5) is 0 Å².